The highest BCUT2D eigenvalue weighted by Crippen LogP contribution is 2.32. The van der Waals surface area contributed by atoms with Gasteiger partial charge in [-0.3, -0.25) is 4.79 Å². The predicted octanol–water partition coefficient (Wildman–Crippen LogP) is 3.76. The van der Waals surface area contributed by atoms with E-state index in [1.165, 1.54) is 12.8 Å². The molecule has 0 saturated carbocycles. The molecule has 1 aromatic heterocycles. The average molecular weight is 340 g/mol. The Bertz CT molecular complexity index is 741. The number of H-pyrrole nitrogens is 1. The van der Waals surface area contributed by atoms with E-state index in [0.717, 1.165) is 54.6 Å². The molecular formula is C20H28N4O. The van der Waals surface area contributed by atoms with Crippen LogP contribution in [0, 0.1) is 5.92 Å². The zero-order chi connectivity index (χ0) is 17.2. The van der Waals surface area contributed by atoms with E-state index in [1.807, 2.05) is 18.2 Å². The van der Waals surface area contributed by atoms with Crippen LogP contribution in [0.15, 0.2) is 18.2 Å². The van der Waals surface area contributed by atoms with Crippen LogP contribution in [0.5, 0.6) is 0 Å². The Labute approximate surface area is 149 Å². The summed E-state index contributed by atoms with van der Waals surface area (Å²) in [5.41, 5.74) is 2.84. The van der Waals surface area contributed by atoms with Gasteiger partial charge in [-0.1, -0.05) is 13.3 Å². The third-order valence-electron chi connectivity index (χ3n) is 5.63. The molecule has 2 bridgehead atoms. The Balaban J connectivity index is 1.37. The first-order valence-electron chi connectivity index (χ1n) is 9.74. The number of anilines is 1. The number of hydrogen-bond acceptors (Lipinski definition) is 3. The maximum Gasteiger partial charge on any atom is 0.224 e. The van der Waals surface area contributed by atoms with Gasteiger partial charge >= 0.3 is 0 Å². The molecule has 2 aliphatic heterocycles. The first-order valence-corrected chi connectivity index (χ1v) is 9.74. The summed E-state index contributed by atoms with van der Waals surface area (Å²) >= 11 is 0. The van der Waals surface area contributed by atoms with Gasteiger partial charge in [-0.25, -0.2) is 4.98 Å². The number of rotatable bonds is 6. The van der Waals surface area contributed by atoms with Crippen molar-refractivity contribution in [3.05, 3.63) is 24.0 Å². The molecule has 4 rings (SSSR count). The second-order valence-corrected chi connectivity index (χ2v) is 7.75. The fourth-order valence-corrected chi connectivity index (χ4v) is 4.42. The van der Waals surface area contributed by atoms with E-state index in [9.17, 15) is 4.79 Å². The Hall–Kier alpha value is -1.88. The lowest BCUT2D eigenvalue weighted by Crippen LogP contribution is -2.39. The lowest BCUT2D eigenvalue weighted by molar-refractivity contribution is -0.117. The van der Waals surface area contributed by atoms with Crippen LogP contribution in [-0.2, 0) is 11.2 Å². The molecule has 2 fully saturated rings. The Morgan fingerprint density at radius 3 is 2.84 bits per heavy atom. The highest BCUT2D eigenvalue weighted by Gasteiger charge is 2.34. The fraction of sp³-hybridized carbons (Fsp3) is 0.600. The third kappa shape index (κ3) is 3.87. The van der Waals surface area contributed by atoms with Crippen LogP contribution >= 0.6 is 0 Å². The number of hydrogen-bond donors (Lipinski definition) is 3. The number of amides is 1. The van der Waals surface area contributed by atoms with E-state index in [4.69, 9.17) is 0 Å². The van der Waals surface area contributed by atoms with Gasteiger partial charge in [-0.2, -0.15) is 0 Å². The lowest BCUT2D eigenvalue weighted by atomic mass is 9.89. The van der Waals surface area contributed by atoms with Crippen molar-refractivity contribution in [1.29, 1.82) is 0 Å². The first kappa shape index (κ1) is 16.6. The van der Waals surface area contributed by atoms with Gasteiger partial charge in [0.25, 0.3) is 0 Å². The van der Waals surface area contributed by atoms with Crippen molar-refractivity contribution in [2.45, 2.75) is 70.4 Å². The number of piperidine rings is 1. The minimum Gasteiger partial charge on any atom is -0.342 e. The Morgan fingerprint density at radius 2 is 2.08 bits per heavy atom. The summed E-state index contributed by atoms with van der Waals surface area (Å²) < 4.78 is 0. The van der Waals surface area contributed by atoms with Gasteiger partial charge in [0.15, 0.2) is 0 Å². The zero-order valence-electron chi connectivity index (χ0n) is 15.0. The molecule has 1 amide bonds. The van der Waals surface area contributed by atoms with Gasteiger partial charge in [-0.05, 0) is 56.2 Å². The van der Waals surface area contributed by atoms with Crippen LogP contribution in [0.3, 0.4) is 0 Å². The molecular weight excluding hydrogens is 312 g/mol. The summed E-state index contributed by atoms with van der Waals surface area (Å²) in [6, 6.07) is 7.22. The number of nitrogens with one attached hydrogen (secondary N) is 3. The van der Waals surface area contributed by atoms with E-state index >= 15 is 0 Å². The predicted molar refractivity (Wildman–Crippen MR) is 101 cm³/mol. The van der Waals surface area contributed by atoms with E-state index in [0.29, 0.717) is 24.4 Å². The van der Waals surface area contributed by atoms with Crippen LogP contribution in [0.4, 0.5) is 5.69 Å². The number of aromatic amines is 1. The van der Waals surface area contributed by atoms with Crippen molar-refractivity contribution < 1.29 is 4.79 Å². The molecule has 1 aromatic carbocycles. The van der Waals surface area contributed by atoms with Gasteiger partial charge in [-0.15, -0.1) is 0 Å². The number of carbonyl (C=O) groups excluding carboxylic acids is 1. The highest BCUT2D eigenvalue weighted by atomic mass is 16.1. The average Bonchev–Trinajstić information content (AvgIpc) is 3.14. The number of carbonyl (C=O) groups is 1. The molecule has 3 N–H and O–H groups in total. The number of aromatic nitrogens is 2. The Morgan fingerprint density at radius 1 is 1.28 bits per heavy atom. The van der Waals surface area contributed by atoms with Gasteiger partial charge in [0.05, 0.1) is 11.0 Å². The molecule has 5 nitrogen and oxygen atoms in total. The van der Waals surface area contributed by atoms with Crippen LogP contribution < -0.4 is 10.6 Å². The van der Waals surface area contributed by atoms with Crippen molar-refractivity contribution in [2.75, 3.05) is 5.32 Å². The number of nitrogens with zero attached hydrogens (tertiary/aromatic N) is 1. The normalized spacial score (nSPS) is 25.4. The van der Waals surface area contributed by atoms with Gasteiger partial charge in [0, 0.05) is 30.6 Å². The summed E-state index contributed by atoms with van der Waals surface area (Å²) in [4.78, 5) is 20.4. The SMILES string of the molecule is CCCCc1nc2ccc(NC(=O)CC3CC4CCC(C3)N4)cc2[nH]1. The first-order chi connectivity index (χ1) is 12.2. The molecule has 25 heavy (non-hydrogen) atoms. The molecule has 0 aliphatic carbocycles. The third-order valence-corrected chi connectivity index (χ3v) is 5.63. The van der Waals surface area contributed by atoms with Crippen LogP contribution in [0.2, 0.25) is 0 Å². The van der Waals surface area contributed by atoms with E-state index in [1.54, 1.807) is 0 Å². The minimum absolute atomic E-state index is 0.136. The summed E-state index contributed by atoms with van der Waals surface area (Å²) in [6.45, 7) is 2.18. The maximum absolute atomic E-state index is 12.4. The van der Waals surface area contributed by atoms with Crippen molar-refractivity contribution in [3.63, 3.8) is 0 Å². The molecule has 2 aromatic rings. The molecule has 2 aliphatic rings. The topological polar surface area (TPSA) is 69.8 Å². The van der Waals surface area contributed by atoms with Crippen molar-refractivity contribution in [1.82, 2.24) is 15.3 Å². The molecule has 3 heterocycles. The number of aryl methyl sites for hydroxylation is 1. The second-order valence-electron chi connectivity index (χ2n) is 7.75. The quantitative estimate of drug-likeness (QED) is 0.750. The standard InChI is InChI=1S/C20H28N4O/c1-2-3-4-19-23-17-8-7-16(12-18(17)24-19)22-20(25)11-13-9-14-5-6-15(10-13)21-14/h7-8,12-15,21H,2-6,9-11H2,1H3,(H,22,25)(H,23,24). The lowest BCUT2D eigenvalue weighted by Gasteiger charge is -2.28. The smallest absolute Gasteiger partial charge is 0.224 e. The number of benzene rings is 1. The molecule has 2 atom stereocenters. The van der Waals surface area contributed by atoms with Crippen molar-refractivity contribution >= 4 is 22.6 Å². The van der Waals surface area contributed by atoms with Crippen LogP contribution in [0.25, 0.3) is 11.0 Å². The summed E-state index contributed by atoms with van der Waals surface area (Å²) in [5.74, 6) is 1.69. The van der Waals surface area contributed by atoms with E-state index in [-0.39, 0.29) is 5.91 Å². The Kier molecular flexibility index (Phi) is 4.75. The molecule has 5 heteroatoms. The number of unbranched alkanes of at least 4 members (excludes halogenated alkanes) is 1. The van der Waals surface area contributed by atoms with Crippen molar-refractivity contribution in [2.24, 2.45) is 5.92 Å². The molecule has 2 unspecified atom stereocenters. The van der Waals surface area contributed by atoms with Crippen LogP contribution in [0.1, 0.15) is 57.7 Å². The maximum atomic E-state index is 12.4. The largest absolute Gasteiger partial charge is 0.342 e. The van der Waals surface area contributed by atoms with Gasteiger partial charge in [0.1, 0.15) is 5.82 Å². The number of fused-ring (bicyclic) bond motifs is 3. The number of imidazole rings is 1. The fourth-order valence-electron chi connectivity index (χ4n) is 4.42. The summed E-state index contributed by atoms with van der Waals surface area (Å²) in [7, 11) is 0. The van der Waals surface area contributed by atoms with Gasteiger partial charge < -0.3 is 15.6 Å². The molecule has 2 saturated heterocycles. The van der Waals surface area contributed by atoms with E-state index in [2.05, 4.69) is 27.5 Å². The highest BCUT2D eigenvalue weighted by molar-refractivity contribution is 5.93. The second kappa shape index (κ2) is 7.16. The monoisotopic (exact) mass is 340 g/mol. The summed E-state index contributed by atoms with van der Waals surface area (Å²) in [6.07, 6.45) is 8.76. The summed E-state index contributed by atoms with van der Waals surface area (Å²) in [5, 5.41) is 6.71. The van der Waals surface area contributed by atoms with Crippen LogP contribution in [-0.4, -0.2) is 28.0 Å². The van der Waals surface area contributed by atoms with Crippen molar-refractivity contribution in [3.8, 4) is 0 Å². The zero-order valence-corrected chi connectivity index (χ0v) is 15.0. The van der Waals surface area contributed by atoms with E-state index < -0.39 is 0 Å². The molecule has 0 radical (unpaired) electrons. The van der Waals surface area contributed by atoms with Gasteiger partial charge in [0.2, 0.25) is 5.91 Å². The minimum atomic E-state index is 0.136. The molecule has 0 spiro atoms. The molecule has 134 valence electrons.